The first kappa shape index (κ1) is 18.7. The van der Waals surface area contributed by atoms with Crippen molar-refractivity contribution >= 4 is 40.1 Å². The first-order valence-electron chi connectivity index (χ1n) is 8.27. The number of rotatable bonds is 5. The van der Waals surface area contributed by atoms with Crippen molar-refractivity contribution in [3.05, 3.63) is 44.8 Å². The summed E-state index contributed by atoms with van der Waals surface area (Å²) >= 11 is 3.04. The van der Waals surface area contributed by atoms with Crippen LogP contribution in [0.5, 0.6) is 0 Å². The standard InChI is InChI=1S/C18H21N3O3S2/c1-10(2)19-14(22)8-12-9-26-18-20-11(3)15(17(23)24-4)16(21(12)18)13-6-5-7-25-13/h5-7,9-10,16H,8H2,1-4H3,(H,19,22). The minimum Gasteiger partial charge on any atom is -0.466 e. The van der Waals surface area contributed by atoms with Crippen LogP contribution in [0.25, 0.3) is 0 Å². The molecule has 1 aromatic heterocycles. The fourth-order valence-corrected chi connectivity index (χ4v) is 4.78. The molecule has 1 N–H and O–H groups in total. The van der Waals surface area contributed by atoms with E-state index in [1.54, 1.807) is 11.3 Å². The smallest absolute Gasteiger partial charge is 0.338 e. The number of nitrogens with zero attached hydrogens (tertiary/aromatic N) is 2. The van der Waals surface area contributed by atoms with Gasteiger partial charge in [-0.1, -0.05) is 17.8 Å². The number of carbonyl (C=O) groups excluding carboxylic acids is 2. The second-order valence-corrected chi connectivity index (χ2v) is 8.11. The molecule has 3 heterocycles. The zero-order chi connectivity index (χ0) is 18.8. The van der Waals surface area contributed by atoms with Gasteiger partial charge in [0.15, 0.2) is 5.17 Å². The lowest BCUT2D eigenvalue weighted by atomic mass is 9.99. The van der Waals surface area contributed by atoms with Crippen molar-refractivity contribution in [3.8, 4) is 0 Å². The highest BCUT2D eigenvalue weighted by molar-refractivity contribution is 8.16. The van der Waals surface area contributed by atoms with Crippen LogP contribution < -0.4 is 5.32 Å². The molecule has 0 spiro atoms. The maximum atomic E-state index is 12.5. The summed E-state index contributed by atoms with van der Waals surface area (Å²) < 4.78 is 5.01. The van der Waals surface area contributed by atoms with Crippen LogP contribution in [-0.4, -0.2) is 35.1 Å². The Morgan fingerprint density at radius 3 is 2.81 bits per heavy atom. The number of allylic oxidation sites excluding steroid dienone is 1. The average Bonchev–Trinajstić information content (AvgIpc) is 3.22. The van der Waals surface area contributed by atoms with Crippen molar-refractivity contribution in [2.24, 2.45) is 4.99 Å². The van der Waals surface area contributed by atoms with E-state index >= 15 is 0 Å². The molecule has 0 aromatic carbocycles. The number of thioether (sulfide) groups is 1. The summed E-state index contributed by atoms with van der Waals surface area (Å²) in [6.45, 7) is 5.68. The maximum absolute atomic E-state index is 12.5. The second kappa shape index (κ2) is 7.67. The van der Waals surface area contributed by atoms with Crippen molar-refractivity contribution < 1.29 is 14.3 Å². The van der Waals surface area contributed by atoms with Crippen molar-refractivity contribution in [1.82, 2.24) is 10.2 Å². The molecule has 1 aromatic rings. The van der Waals surface area contributed by atoms with Crippen molar-refractivity contribution in [2.45, 2.75) is 39.3 Å². The summed E-state index contributed by atoms with van der Waals surface area (Å²) in [5.41, 5.74) is 1.99. The Bertz CT molecular complexity index is 810. The van der Waals surface area contributed by atoms with Gasteiger partial charge >= 0.3 is 5.97 Å². The number of nitrogens with one attached hydrogen (secondary N) is 1. The number of amides is 1. The van der Waals surface area contributed by atoms with Crippen molar-refractivity contribution in [1.29, 1.82) is 0 Å². The molecule has 0 radical (unpaired) electrons. The quantitative estimate of drug-likeness (QED) is 0.779. The van der Waals surface area contributed by atoms with Gasteiger partial charge in [-0.15, -0.1) is 11.3 Å². The fourth-order valence-electron chi connectivity index (χ4n) is 2.99. The number of carbonyl (C=O) groups is 2. The summed E-state index contributed by atoms with van der Waals surface area (Å²) in [4.78, 5) is 32.3. The molecule has 26 heavy (non-hydrogen) atoms. The molecule has 0 saturated carbocycles. The Balaban J connectivity index is 1.98. The molecular weight excluding hydrogens is 370 g/mol. The van der Waals surface area contributed by atoms with Gasteiger partial charge in [-0.25, -0.2) is 9.79 Å². The maximum Gasteiger partial charge on any atom is 0.338 e. The van der Waals surface area contributed by atoms with Gasteiger partial charge in [0.2, 0.25) is 5.91 Å². The lowest BCUT2D eigenvalue weighted by molar-refractivity contribution is -0.136. The van der Waals surface area contributed by atoms with Crippen molar-refractivity contribution in [2.75, 3.05) is 7.11 Å². The predicted octanol–water partition coefficient (Wildman–Crippen LogP) is 3.41. The summed E-state index contributed by atoms with van der Waals surface area (Å²) in [6, 6.07) is 3.69. The van der Waals surface area contributed by atoms with Gasteiger partial charge < -0.3 is 15.0 Å². The molecule has 2 aliphatic heterocycles. The lowest BCUT2D eigenvalue weighted by Crippen LogP contribution is -2.38. The van der Waals surface area contributed by atoms with Crippen LogP contribution in [0.3, 0.4) is 0 Å². The third-order valence-corrected chi connectivity index (χ3v) is 5.82. The Hall–Kier alpha value is -2.06. The van der Waals surface area contributed by atoms with E-state index in [4.69, 9.17) is 4.74 Å². The Morgan fingerprint density at radius 1 is 1.42 bits per heavy atom. The van der Waals surface area contributed by atoms with Crippen LogP contribution in [-0.2, 0) is 14.3 Å². The third kappa shape index (κ3) is 3.57. The zero-order valence-electron chi connectivity index (χ0n) is 15.1. The number of hydrogen-bond donors (Lipinski definition) is 1. The van der Waals surface area contributed by atoms with Gasteiger partial charge in [0.05, 0.1) is 24.8 Å². The van der Waals surface area contributed by atoms with E-state index in [-0.39, 0.29) is 24.4 Å². The van der Waals surface area contributed by atoms with E-state index in [1.165, 1.54) is 18.9 Å². The number of hydrogen-bond acceptors (Lipinski definition) is 7. The number of aliphatic imine (C=N–C) groups is 1. The molecular formula is C18H21N3O3S2. The number of amidine groups is 1. The molecule has 3 rings (SSSR count). The molecule has 1 unspecified atom stereocenters. The molecule has 6 nitrogen and oxygen atoms in total. The normalized spacial score (nSPS) is 19.3. The Labute approximate surface area is 161 Å². The lowest BCUT2D eigenvalue weighted by Gasteiger charge is -2.35. The van der Waals surface area contributed by atoms with Crippen LogP contribution in [0, 0.1) is 0 Å². The van der Waals surface area contributed by atoms with E-state index in [2.05, 4.69) is 10.3 Å². The van der Waals surface area contributed by atoms with Crippen molar-refractivity contribution in [3.63, 3.8) is 0 Å². The molecule has 2 aliphatic rings. The number of methoxy groups -OCH3 is 1. The highest BCUT2D eigenvalue weighted by Crippen LogP contribution is 2.45. The van der Waals surface area contributed by atoms with Gasteiger partial charge in [0.1, 0.15) is 6.04 Å². The average molecular weight is 392 g/mol. The van der Waals surface area contributed by atoms with Crippen LogP contribution in [0.4, 0.5) is 0 Å². The van der Waals surface area contributed by atoms with Crippen LogP contribution >= 0.6 is 23.1 Å². The monoisotopic (exact) mass is 391 g/mol. The van der Waals surface area contributed by atoms with Crippen LogP contribution in [0.2, 0.25) is 0 Å². The van der Waals surface area contributed by atoms with Crippen LogP contribution in [0.15, 0.2) is 44.9 Å². The topological polar surface area (TPSA) is 71.0 Å². The molecule has 1 amide bonds. The zero-order valence-corrected chi connectivity index (χ0v) is 16.7. The second-order valence-electron chi connectivity index (χ2n) is 6.30. The Kier molecular flexibility index (Phi) is 5.52. The SMILES string of the molecule is COC(=O)C1=C(C)N=C2SC=C(CC(=O)NC(C)C)N2C1c1cccs1. The summed E-state index contributed by atoms with van der Waals surface area (Å²) in [6.07, 6.45) is 0.236. The highest BCUT2D eigenvalue weighted by Gasteiger charge is 2.41. The number of thiophene rings is 1. The fraction of sp³-hybridized carbons (Fsp3) is 0.389. The van der Waals surface area contributed by atoms with Gasteiger partial charge in [-0.05, 0) is 37.6 Å². The summed E-state index contributed by atoms with van der Waals surface area (Å²) in [5.74, 6) is -0.449. The van der Waals surface area contributed by atoms with E-state index in [0.29, 0.717) is 11.3 Å². The Morgan fingerprint density at radius 2 is 2.19 bits per heavy atom. The highest BCUT2D eigenvalue weighted by atomic mass is 32.2. The molecule has 138 valence electrons. The van der Waals surface area contributed by atoms with E-state index < -0.39 is 5.97 Å². The summed E-state index contributed by atoms with van der Waals surface area (Å²) in [5, 5.41) is 7.60. The van der Waals surface area contributed by atoms with Gasteiger partial charge in [-0.3, -0.25) is 4.79 Å². The third-order valence-electron chi connectivity index (χ3n) is 4.01. The molecule has 0 saturated heterocycles. The molecule has 0 aliphatic carbocycles. The van der Waals surface area contributed by atoms with Gasteiger partial charge in [0, 0.05) is 16.6 Å². The van der Waals surface area contributed by atoms with E-state index in [9.17, 15) is 9.59 Å². The number of ether oxygens (including phenoxy) is 1. The van der Waals surface area contributed by atoms with Crippen LogP contribution in [0.1, 0.15) is 38.1 Å². The van der Waals surface area contributed by atoms with E-state index in [1.807, 2.05) is 48.6 Å². The minimum absolute atomic E-state index is 0.0519. The predicted molar refractivity (Wildman–Crippen MR) is 105 cm³/mol. The van der Waals surface area contributed by atoms with Gasteiger partial charge in [0.25, 0.3) is 0 Å². The first-order chi connectivity index (χ1) is 12.4. The minimum atomic E-state index is -0.397. The molecule has 0 fully saturated rings. The van der Waals surface area contributed by atoms with Gasteiger partial charge in [-0.2, -0.15) is 0 Å². The molecule has 1 atom stereocenters. The van der Waals surface area contributed by atoms with E-state index in [0.717, 1.165) is 15.7 Å². The molecule has 8 heteroatoms. The largest absolute Gasteiger partial charge is 0.466 e. The summed E-state index contributed by atoms with van der Waals surface area (Å²) in [7, 11) is 1.37. The number of fused-ring (bicyclic) bond motifs is 1. The first-order valence-corrected chi connectivity index (χ1v) is 10.0. The number of esters is 1. The molecule has 0 bridgehead atoms.